The number of benzene rings is 3. The summed E-state index contributed by atoms with van der Waals surface area (Å²) in [6.07, 6.45) is 1.74. The topological polar surface area (TPSA) is 71.9 Å². The number of nitriles is 1. The molecule has 0 unspecified atom stereocenters. The molecule has 4 aromatic rings. The molecule has 0 fully saturated rings. The largest absolute Gasteiger partial charge is 0.487 e. The van der Waals surface area contributed by atoms with E-state index in [1.165, 1.54) is 0 Å². The van der Waals surface area contributed by atoms with Crippen molar-refractivity contribution in [2.24, 2.45) is 0 Å². The number of aromatic nitrogens is 1. The minimum Gasteiger partial charge on any atom is -0.487 e. The Balaban J connectivity index is 1.80. The maximum atomic E-state index is 9.84. The summed E-state index contributed by atoms with van der Waals surface area (Å²) in [6.45, 7) is 0.493. The number of ether oxygens (including phenoxy) is 1. The van der Waals surface area contributed by atoms with Crippen LogP contribution in [0.3, 0.4) is 0 Å². The highest BCUT2D eigenvalue weighted by atomic mass is 127. The molecule has 0 amide bonds. The van der Waals surface area contributed by atoms with Gasteiger partial charge in [-0.1, -0.05) is 60.7 Å². The van der Waals surface area contributed by atoms with E-state index in [0.29, 0.717) is 12.2 Å². The van der Waals surface area contributed by atoms with E-state index in [-0.39, 0.29) is 5.82 Å². The summed E-state index contributed by atoms with van der Waals surface area (Å²) < 4.78 is 8.06. The Kier molecular flexibility index (Phi) is 6.73. The van der Waals surface area contributed by atoms with Crippen LogP contribution >= 0.6 is 45.2 Å². The summed E-state index contributed by atoms with van der Waals surface area (Å²) in [5.41, 5.74) is 11.1. The summed E-state index contributed by atoms with van der Waals surface area (Å²) in [5, 5.41) is 9.84. The van der Waals surface area contributed by atoms with Crippen LogP contribution < -0.4 is 10.5 Å². The Morgan fingerprint density at radius 3 is 2.13 bits per heavy atom. The summed E-state index contributed by atoms with van der Waals surface area (Å²) >= 11 is 4.56. The number of anilines is 1. The fourth-order valence-electron chi connectivity index (χ4n) is 3.35. The third kappa shape index (κ3) is 4.67. The van der Waals surface area contributed by atoms with E-state index in [0.717, 1.165) is 40.7 Å². The molecule has 0 aliphatic carbocycles. The van der Waals surface area contributed by atoms with Gasteiger partial charge in [0, 0.05) is 17.3 Å². The van der Waals surface area contributed by atoms with Gasteiger partial charge in [0.1, 0.15) is 29.8 Å². The van der Waals surface area contributed by atoms with Crippen molar-refractivity contribution in [2.75, 3.05) is 5.73 Å². The number of hydrogen-bond donors (Lipinski definition) is 1. The standard InChI is InChI=1S/C25H17I2N3O/c26-21-11-18(12-22(27)24(21)31-15-16-7-3-1-4-8-16)23-19(13-28)25(29)30-14-20(23)17-9-5-2-6-10-17/h1-12,14H,15H2,(H2,29,30). The SMILES string of the molecule is N#Cc1c(N)ncc(-c2ccccc2)c1-c1cc(I)c(OCc2ccccc2)c(I)c1. The first kappa shape index (κ1) is 21.6. The van der Waals surface area contributed by atoms with Crippen molar-refractivity contribution in [1.82, 2.24) is 4.98 Å². The lowest BCUT2D eigenvalue weighted by Gasteiger charge is -2.16. The molecular formula is C25H17I2N3O. The summed E-state index contributed by atoms with van der Waals surface area (Å²) in [7, 11) is 0. The predicted octanol–water partition coefficient (Wildman–Crippen LogP) is 6.66. The Morgan fingerprint density at radius 2 is 1.52 bits per heavy atom. The van der Waals surface area contributed by atoms with Gasteiger partial charge in [0.25, 0.3) is 0 Å². The quantitative estimate of drug-likeness (QED) is 0.251. The van der Waals surface area contributed by atoms with Crippen LogP contribution in [0.25, 0.3) is 22.3 Å². The van der Waals surface area contributed by atoms with Gasteiger partial charge in [-0.2, -0.15) is 5.26 Å². The molecule has 1 heterocycles. The van der Waals surface area contributed by atoms with E-state index in [4.69, 9.17) is 10.5 Å². The molecule has 1 aromatic heterocycles. The second kappa shape index (κ2) is 9.66. The van der Waals surface area contributed by atoms with Crippen LogP contribution in [-0.2, 0) is 6.61 Å². The van der Waals surface area contributed by atoms with Gasteiger partial charge in [-0.15, -0.1) is 0 Å². The summed E-state index contributed by atoms with van der Waals surface area (Å²) in [6, 6.07) is 26.3. The maximum absolute atomic E-state index is 9.84. The number of nitrogen functional groups attached to an aromatic ring is 1. The van der Waals surface area contributed by atoms with Crippen molar-refractivity contribution in [3.63, 3.8) is 0 Å². The molecule has 0 radical (unpaired) electrons. The van der Waals surface area contributed by atoms with Crippen LogP contribution in [0, 0.1) is 18.5 Å². The first-order chi connectivity index (χ1) is 15.1. The van der Waals surface area contributed by atoms with Gasteiger partial charge < -0.3 is 10.5 Å². The highest BCUT2D eigenvalue weighted by Crippen LogP contribution is 2.40. The fraction of sp³-hybridized carbons (Fsp3) is 0.0400. The van der Waals surface area contributed by atoms with Crippen LogP contribution in [-0.4, -0.2) is 4.98 Å². The summed E-state index contributed by atoms with van der Waals surface area (Å²) in [4.78, 5) is 4.26. The molecule has 4 rings (SSSR count). The summed E-state index contributed by atoms with van der Waals surface area (Å²) in [5.74, 6) is 1.06. The highest BCUT2D eigenvalue weighted by Gasteiger charge is 2.19. The van der Waals surface area contributed by atoms with Gasteiger partial charge in [-0.3, -0.25) is 0 Å². The average molecular weight is 629 g/mol. The van der Waals surface area contributed by atoms with E-state index in [2.05, 4.69) is 56.2 Å². The molecule has 0 saturated heterocycles. The molecule has 0 atom stereocenters. The van der Waals surface area contributed by atoms with Crippen LogP contribution in [0.5, 0.6) is 5.75 Å². The molecule has 2 N–H and O–H groups in total. The number of rotatable bonds is 5. The van der Waals surface area contributed by atoms with Crippen LogP contribution in [0.15, 0.2) is 79.0 Å². The van der Waals surface area contributed by atoms with Crippen molar-refractivity contribution >= 4 is 51.0 Å². The molecule has 152 valence electrons. The second-order valence-electron chi connectivity index (χ2n) is 6.83. The lowest BCUT2D eigenvalue weighted by molar-refractivity contribution is 0.302. The minimum atomic E-state index is 0.228. The van der Waals surface area contributed by atoms with Gasteiger partial charge >= 0.3 is 0 Å². The van der Waals surface area contributed by atoms with E-state index in [1.807, 2.05) is 72.8 Å². The molecule has 3 aromatic carbocycles. The molecule has 0 spiro atoms. The molecule has 6 heteroatoms. The lowest BCUT2D eigenvalue weighted by Crippen LogP contribution is -2.02. The molecule has 0 aliphatic heterocycles. The van der Waals surface area contributed by atoms with Crippen molar-refractivity contribution in [2.45, 2.75) is 6.61 Å². The minimum absolute atomic E-state index is 0.228. The smallest absolute Gasteiger partial charge is 0.146 e. The second-order valence-corrected chi connectivity index (χ2v) is 9.15. The third-order valence-electron chi connectivity index (χ3n) is 4.82. The molecular weight excluding hydrogens is 612 g/mol. The lowest BCUT2D eigenvalue weighted by atomic mass is 9.92. The first-order valence-corrected chi connectivity index (χ1v) is 11.6. The highest BCUT2D eigenvalue weighted by molar-refractivity contribution is 14.1. The monoisotopic (exact) mass is 629 g/mol. The van der Waals surface area contributed by atoms with E-state index < -0.39 is 0 Å². The average Bonchev–Trinajstić information content (AvgIpc) is 2.79. The molecule has 0 aliphatic rings. The zero-order valence-electron chi connectivity index (χ0n) is 16.3. The van der Waals surface area contributed by atoms with Gasteiger partial charge in [-0.05, 0) is 74.0 Å². The van der Waals surface area contributed by atoms with Gasteiger partial charge in [0.2, 0.25) is 0 Å². The van der Waals surface area contributed by atoms with E-state index in [9.17, 15) is 5.26 Å². The fourth-order valence-corrected chi connectivity index (χ4v) is 5.43. The maximum Gasteiger partial charge on any atom is 0.146 e. The zero-order chi connectivity index (χ0) is 21.8. The first-order valence-electron chi connectivity index (χ1n) is 9.48. The number of halogens is 2. The zero-order valence-corrected chi connectivity index (χ0v) is 20.7. The van der Waals surface area contributed by atoms with Gasteiger partial charge in [0.15, 0.2) is 0 Å². The van der Waals surface area contributed by atoms with Crippen molar-refractivity contribution in [3.05, 3.63) is 97.3 Å². The van der Waals surface area contributed by atoms with Gasteiger partial charge in [0.05, 0.1) is 7.14 Å². The predicted molar refractivity (Wildman–Crippen MR) is 140 cm³/mol. The molecule has 0 bridgehead atoms. The molecule has 31 heavy (non-hydrogen) atoms. The van der Waals surface area contributed by atoms with Crippen LogP contribution in [0.1, 0.15) is 11.1 Å². The molecule has 0 saturated carbocycles. The third-order valence-corrected chi connectivity index (χ3v) is 6.42. The number of pyridine rings is 1. The van der Waals surface area contributed by atoms with Crippen molar-refractivity contribution in [1.29, 1.82) is 5.26 Å². The number of nitrogens with two attached hydrogens (primary N) is 1. The number of nitrogens with zero attached hydrogens (tertiary/aromatic N) is 2. The molecule has 4 nitrogen and oxygen atoms in total. The normalized spacial score (nSPS) is 10.5. The van der Waals surface area contributed by atoms with Crippen LogP contribution in [0.4, 0.5) is 5.82 Å². The Bertz CT molecular complexity index is 1250. The van der Waals surface area contributed by atoms with E-state index >= 15 is 0 Å². The van der Waals surface area contributed by atoms with Gasteiger partial charge in [-0.25, -0.2) is 4.98 Å². The Morgan fingerprint density at radius 1 is 0.903 bits per heavy atom. The van der Waals surface area contributed by atoms with Crippen LogP contribution in [0.2, 0.25) is 0 Å². The Hall–Kier alpha value is -2.64. The number of hydrogen-bond acceptors (Lipinski definition) is 4. The van der Waals surface area contributed by atoms with Crippen molar-refractivity contribution < 1.29 is 4.74 Å². The van der Waals surface area contributed by atoms with E-state index in [1.54, 1.807) is 6.20 Å². The Labute approximate surface area is 208 Å². The van der Waals surface area contributed by atoms with Crippen molar-refractivity contribution in [3.8, 4) is 34.1 Å².